The van der Waals surface area contributed by atoms with Gasteiger partial charge in [0.25, 0.3) is 0 Å². The molecule has 8 atom stereocenters. The van der Waals surface area contributed by atoms with Crippen molar-refractivity contribution in [1.82, 2.24) is 0 Å². The highest BCUT2D eigenvalue weighted by molar-refractivity contribution is 6.12. The summed E-state index contributed by atoms with van der Waals surface area (Å²) in [6.45, 7) is 23.3. The molecule has 0 heterocycles. The molecule has 1 heteroatoms. The number of rotatable bonds is 3. The second-order valence-electron chi connectivity index (χ2n) is 11.4. The van der Waals surface area contributed by atoms with Gasteiger partial charge in [0, 0.05) is 0 Å². The van der Waals surface area contributed by atoms with E-state index in [0.29, 0.717) is 5.82 Å². The third-order valence-corrected chi connectivity index (χ3v) is 7.93. The summed E-state index contributed by atoms with van der Waals surface area (Å²) in [5.41, 5.74) is 0. The molecule has 29 heavy (non-hydrogen) atoms. The number of hydrogen-bond acceptors (Lipinski definition) is 0. The van der Waals surface area contributed by atoms with Crippen molar-refractivity contribution in [2.75, 3.05) is 0 Å². The lowest BCUT2D eigenvalue weighted by molar-refractivity contribution is 0.206. The largest absolute Gasteiger partial charge is 0.0723 e. The molecule has 2 rings (SSSR count). The molecule has 172 valence electrons. The summed E-state index contributed by atoms with van der Waals surface area (Å²) in [7, 11) is 6.08. The summed E-state index contributed by atoms with van der Waals surface area (Å²) in [6, 6.07) is 0. The molecule has 2 fully saturated rings. The molecule has 0 bridgehead atoms. The molecule has 0 N–H and O–H groups in total. The van der Waals surface area contributed by atoms with Gasteiger partial charge in [-0.25, -0.2) is 0 Å². The Bertz CT molecular complexity index is 377. The Morgan fingerprint density at radius 3 is 1.79 bits per heavy atom. The molecule has 8 unspecified atom stereocenters. The normalized spacial score (nSPS) is 38.0. The van der Waals surface area contributed by atoms with E-state index in [1.807, 2.05) is 0 Å². The zero-order valence-corrected chi connectivity index (χ0v) is 22.1. The predicted molar refractivity (Wildman–Crippen MR) is 136 cm³/mol. The van der Waals surface area contributed by atoms with Crippen LogP contribution in [0.1, 0.15) is 127 Å². The van der Waals surface area contributed by atoms with Gasteiger partial charge in [0.05, 0.1) is 7.85 Å². The van der Waals surface area contributed by atoms with Gasteiger partial charge < -0.3 is 0 Å². The van der Waals surface area contributed by atoms with Crippen molar-refractivity contribution >= 4 is 7.85 Å². The second kappa shape index (κ2) is 15.8. The maximum absolute atomic E-state index is 6.08. The molecule has 0 nitrogen and oxygen atoms in total. The van der Waals surface area contributed by atoms with Crippen LogP contribution in [-0.4, -0.2) is 7.85 Å². The van der Waals surface area contributed by atoms with Crippen LogP contribution in [0, 0.1) is 47.3 Å². The van der Waals surface area contributed by atoms with E-state index in [4.69, 9.17) is 7.85 Å². The van der Waals surface area contributed by atoms with E-state index in [9.17, 15) is 0 Å². The molecule has 0 aliphatic heterocycles. The van der Waals surface area contributed by atoms with E-state index in [2.05, 4.69) is 69.2 Å². The van der Waals surface area contributed by atoms with E-state index in [0.717, 1.165) is 47.3 Å². The van der Waals surface area contributed by atoms with Gasteiger partial charge in [-0.3, -0.25) is 0 Å². The molecule has 2 radical (unpaired) electrons. The average Bonchev–Trinajstić information content (AvgIpc) is 2.86. The van der Waals surface area contributed by atoms with E-state index in [1.165, 1.54) is 57.8 Å². The zero-order chi connectivity index (χ0) is 22.6. The van der Waals surface area contributed by atoms with Crippen molar-refractivity contribution in [2.24, 2.45) is 47.3 Å². The minimum atomic E-state index is 0.444. The van der Waals surface area contributed by atoms with E-state index >= 15 is 0 Å². The van der Waals surface area contributed by atoms with Crippen LogP contribution in [-0.2, 0) is 0 Å². The molecule has 0 amide bonds. The van der Waals surface area contributed by atoms with Crippen LogP contribution in [0.2, 0.25) is 5.82 Å². The Morgan fingerprint density at radius 2 is 1.28 bits per heavy atom. The monoisotopic (exact) mass is 404 g/mol. The molecule has 0 aromatic rings. The minimum Gasteiger partial charge on any atom is -0.0723 e. The van der Waals surface area contributed by atoms with E-state index in [-0.39, 0.29) is 0 Å². The van der Waals surface area contributed by atoms with Crippen molar-refractivity contribution < 1.29 is 0 Å². The molecule has 0 aromatic carbocycles. The first kappa shape index (κ1) is 29.1. The number of hydrogen-bond donors (Lipinski definition) is 0. The fourth-order valence-corrected chi connectivity index (χ4v) is 5.59. The summed E-state index contributed by atoms with van der Waals surface area (Å²) in [6.07, 6.45) is 12.5. The van der Waals surface area contributed by atoms with E-state index in [1.54, 1.807) is 0 Å². The summed E-state index contributed by atoms with van der Waals surface area (Å²) in [4.78, 5) is 0. The van der Waals surface area contributed by atoms with Crippen molar-refractivity contribution in [3.63, 3.8) is 0 Å². The lowest BCUT2D eigenvalue weighted by atomic mass is 9.69. The van der Waals surface area contributed by atoms with Gasteiger partial charge >= 0.3 is 0 Å². The fourth-order valence-electron chi connectivity index (χ4n) is 5.59. The van der Waals surface area contributed by atoms with Gasteiger partial charge in [0.2, 0.25) is 0 Å². The van der Waals surface area contributed by atoms with Gasteiger partial charge in [-0.15, -0.1) is 0 Å². The van der Waals surface area contributed by atoms with Gasteiger partial charge in [0.15, 0.2) is 0 Å². The quantitative estimate of drug-likeness (QED) is 0.324. The van der Waals surface area contributed by atoms with Crippen LogP contribution in [0.25, 0.3) is 0 Å². The topological polar surface area (TPSA) is 0 Å². The summed E-state index contributed by atoms with van der Waals surface area (Å²) >= 11 is 0. The Labute approximate surface area is 188 Å². The molecular weight excluding hydrogens is 347 g/mol. The molecule has 0 saturated heterocycles. The second-order valence-corrected chi connectivity index (χ2v) is 11.4. The van der Waals surface area contributed by atoms with Crippen LogP contribution in [0.15, 0.2) is 0 Å². The molecule has 2 aliphatic carbocycles. The van der Waals surface area contributed by atoms with Gasteiger partial charge in [-0.1, -0.05) is 114 Å². The predicted octanol–water partition coefficient (Wildman–Crippen LogP) is 9.58. The third-order valence-electron chi connectivity index (χ3n) is 7.93. The first-order chi connectivity index (χ1) is 13.6. The summed E-state index contributed by atoms with van der Waals surface area (Å²) in [5.74, 6) is 7.58. The first-order valence-corrected chi connectivity index (χ1v) is 13.3. The highest BCUT2D eigenvalue weighted by Gasteiger charge is 2.31. The molecule has 2 saturated carbocycles. The van der Waals surface area contributed by atoms with Crippen LogP contribution >= 0.6 is 0 Å². The Kier molecular flexibility index (Phi) is 15.8. The van der Waals surface area contributed by atoms with Crippen LogP contribution < -0.4 is 0 Å². The van der Waals surface area contributed by atoms with Crippen LogP contribution in [0.3, 0.4) is 0 Å². The maximum Gasteiger partial charge on any atom is 0.0706 e. The Hall–Kier alpha value is 0.0649. The zero-order valence-electron chi connectivity index (χ0n) is 22.1. The smallest absolute Gasteiger partial charge is 0.0706 e. The van der Waals surface area contributed by atoms with Gasteiger partial charge in [-0.05, 0) is 66.6 Å². The first-order valence-electron chi connectivity index (χ1n) is 13.3. The third kappa shape index (κ3) is 11.3. The van der Waals surface area contributed by atoms with Crippen molar-refractivity contribution in [3.05, 3.63) is 0 Å². The highest BCUT2D eigenvalue weighted by Crippen LogP contribution is 2.41. The fraction of sp³-hybridized carbons (Fsp3) is 1.00. The lowest BCUT2D eigenvalue weighted by Gasteiger charge is -2.29. The van der Waals surface area contributed by atoms with Crippen molar-refractivity contribution in [3.8, 4) is 0 Å². The molecule has 0 aromatic heterocycles. The summed E-state index contributed by atoms with van der Waals surface area (Å²) < 4.78 is 0. The molecular formula is C28H57B. The average molecular weight is 405 g/mol. The maximum atomic E-state index is 6.08. The van der Waals surface area contributed by atoms with Crippen molar-refractivity contribution in [1.29, 1.82) is 0 Å². The Morgan fingerprint density at radius 1 is 0.724 bits per heavy atom. The standard InChI is InChI=1S/C15H30.C10H19B.C3H8/c1-6-7-14-9-8-12(4)13(5)10-15(14)11(2)3;1-7-4-5-8(2)10(11)9(3)6-7;1-3-2/h11-15H,6-10H2,1-5H3;7-10H,4-6H2,1-3H3;3H2,1-2H3. The van der Waals surface area contributed by atoms with Crippen molar-refractivity contribution in [2.45, 2.75) is 133 Å². The van der Waals surface area contributed by atoms with Crippen LogP contribution in [0.5, 0.6) is 0 Å². The van der Waals surface area contributed by atoms with Gasteiger partial charge in [-0.2, -0.15) is 0 Å². The SMILES string of the molecule is CCC.CCCC1CCC(C)C(C)CC1C(C)C.[B]C1C(C)CCC(C)CC1C. The summed E-state index contributed by atoms with van der Waals surface area (Å²) in [5, 5.41) is 0. The van der Waals surface area contributed by atoms with E-state index < -0.39 is 0 Å². The lowest BCUT2D eigenvalue weighted by Crippen LogP contribution is -2.20. The molecule has 2 aliphatic rings. The van der Waals surface area contributed by atoms with Gasteiger partial charge in [0.1, 0.15) is 0 Å². The highest BCUT2D eigenvalue weighted by atomic mass is 14.4. The molecule has 0 spiro atoms. The minimum absolute atomic E-state index is 0.444. The Balaban J connectivity index is 0.000000493. The van der Waals surface area contributed by atoms with Crippen LogP contribution in [0.4, 0.5) is 0 Å².